The number of carboxylic acids is 1. The minimum absolute atomic E-state index is 0.159. The van der Waals surface area contributed by atoms with Crippen molar-refractivity contribution in [1.29, 1.82) is 0 Å². The Hall–Kier alpha value is -2.08. The van der Waals surface area contributed by atoms with E-state index in [0.29, 0.717) is 5.69 Å². The predicted octanol–water partition coefficient (Wildman–Crippen LogP) is 1.30. The van der Waals surface area contributed by atoms with Crippen molar-refractivity contribution in [2.75, 3.05) is 5.32 Å². The van der Waals surface area contributed by atoms with Crippen molar-refractivity contribution in [3.63, 3.8) is 0 Å². The van der Waals surface area contributed by atoms with Crippen molar-refractivity contribution < 1.29 is 19.8 Å². The first kappa shape index (κ1) is 17.0. The van der Waals surface area contributed by atoms with Crippen LogP contribution >= 0.6 is 0 Å². The molecule has 0 saturated carbocycles. The van der Waals surface area contributed by atoms with Gasteiger partial charge in [-0.1, -0.05) is 39.0 Å². The molecule has 116 valence electrons. The van der Waals surface area contributed by atoms with Crippen LogP contribution in [0.2, 0.25) is 0 Å². The van der Waals surface area contributed by atoms with E-state index in [0.717, 1.165) is 5.56 Å². The van der Waals surface area contributed by atoms with E-state index in [1.165, 1.54) is 6.92 Å². The average molecular weight is 294 g/mol. The summed E-state index contributed by atoms with van der Waals surface area (Å²) in [6, 6.07) is 6.28. The molecule has 1 amide bonds. The highest BCUT2D eigenvalue weighted by atomic mass is 16.4. The van der Waals surface area contributed by atoms with Gasteiger partial charge in [0, 0.05) is 5.69 Å². The molecular weight excluding hydrogens is 272 g/mol. The molecule has 0 heterocycles. The van der Waals surface area contributed by atoms with Crippen molar-refractivity contribution in [2.45, 2.75) is 45.4 Å². The first-order valence-corrected chi connectivity index (χ1v) is 6.70. The van der Waals surface area contributed by atoms with Crippen LogP contribution < -0.4 is 10.6 Å². The zero-order valence-corrected chi connectivity index (χ0v) is 12.7. The van der Waals surface area contributed by atoms with Crippen molar-refractivity contribution in [2.24, 2.45) is 0 Å². The number of nitrogens with one attached hydrogen (secondary N) is 2. The van der Waals surface area contributed by atoms with E-state index in [9.17, 15) is 14.7 Å². The number of rotatable bonds is 5. The van der Waals surface area contributed by atoms with E-state index in [-0.39, 0.29) is 5.41 Å². The van der Waals surface area contributed by atoms with Crippen LogP contribution in [-0.2, 0) is 15.0 Å². The van der Waals surface area contributed by atoms with Crippen LogP contribution in [0, 0.1) is 0 Å². The molecule has 6 nitrogen and oxygen atoms in total. The summed E-state index contributed by atoms with van der Waals surface area (Å²) in [5, 5.41) is 23.5. The van der Waals surface area contributed by atoms with Gasteiger partial charge in [-0.25, -0.2) is 0 Å². The van der Waals surface area contributed by atoms with Crippen molar-refractivity contribution in [3.05, 3.63) is 29.8 Å². The number of carboxylic acid groups (broad SMARTS) is 1. The Morgan fingerprint density at radius 3 is 2.29 bits per heavy atom. The Kier molecular flexibility index (Phi) is 5.32. The summed E-state index contributed by atoms with van der Waals surface area (Å²) in [5.41, 5.74) is 1.42. The van der Waals surface area contributed by atoms with Gasteiger partial charge in [0.25, 0.3) is 5.91 Å². The van der Waals surface area contributed by atoms with Crippen molar-refractivity contribution in [3.8, 4) is 0 Å². The summed E-state index contributed by atoms with van der Waals surface area (Å²) in [4.78, 5) is 22.4. The Balaban J connectivity index is 2.82. The summed E-state index contributed by atoms with van der Waals surface area (Å²) >= 11 is 0. The van der Waals surface area contributed by atoms with Gasteiger partial charge in [0.15, 0.2) is 0 Å². The zero-order chi connectivity index (χ0) is 16.2. The van der Waals surface area contributed by atoms with Crippen LogP contribution in [-0.4, -0.2) is 34.4 Å². The lowest BCUT2D eigenvalue weighted by molar-refractivity contribution is -0.142. The standard InChI is InChI=1S/C15H22N2O4/c1-9(14(20)21)16-12(18)13(19)17-11-8-6-5-7-10(11)15(2,3)4/h5-9,13,17,19H,1-4H3,(H,16,18)(H,20,21)/t9-,13?/m0/s1. The van der Waals surface area contributed by atoms with Gasteiger partial charge in [-0.15, -0.1) is 0 Å². The molecule has 21 heavy (non-hydrogen) atoms. The van der Waals surface area contributed by atoms with Gasteiger partial charge >= 0.3 is 5.97 Å². The third kappa shape index (κ3) is 4.75. The second-order valence-corrected chi connectivity index (χ2v) is 5.91. The van der Waals surface area contributed by atoms with E-state index in [1.54, 1.807) is 12.1 Å². The molecule has 0 bridgehead atoms. The SMILES string of the molecule is C[C@H](NC(=O)C(O)Nc1ccccc1C(C)(C)C)C(=O)O. The van der Waals surface area contributed by atoms with Gasteiger partial charge in [-0.2, -0.15) is 0 Å². The highest BCUT2D eigenvalue weighted by Gasteiger charge is 2.23. The van der Waals surface area contributed by atoms with Gasteiger partial charge in [0.2, 0.25) is 6.23 Å². The second-order valence-electron chi connectivity index (χ2n) is 5.91. The number of aliphatic carboxylic acids is 1. The maximum Gasteiger partial charge on any atom is 0.325 e. The molecule has 0 aliphatic heterocycles. The number of benzene rings is 1. The number of aliphatic hydroxyl groups excluding tert-OH is 1. The molecule has 4 N–H and O–H groups in total. The summed E-state index contributed by atoms with van der Waals surface area (Å²) in [5.74, 6) is -1.95. The molecule has 6 heteroatoms. The fourth-order valence-electron chi connectivity index (χ4n) is 1.83. The Morgan fingerprint density at radius 1 is 1.19 bits per heavy atom. The minimum atomic E-state index is -1.52. The minimum Gasteiger partial charge on any atom is -0.480 e. The van der Waals surface area contributed by atoms with Crippen LogP contribution in [0.15, 0.2) is 24.3 Å². The highest BCUT2D eigenvalue weighted by molar-refractivity contribution is 5.87. The smallest absolute Gasteiger partial charge is 0.325 e. The maximum atomic E-state index is 11.7. The van der Waals surface area contributed by atoms with E-state index in [4.69, 9.17) is 5.11 Å². The molecule has 1 aromatic carbocycles. The molecule has 0 saturated heterocycles. The van der Waals surface area contributed by atoms with E-state index < -0.39 is 24.1 Å². The summed E-state index contributed by atoms with van der Waals surface area (Å²) in [6.07, 6.45) is -1.52. The monoisotopic (exact) mass is 294 g/mol. The lowest BCUT2D eigenvalue weighted by Gasteiger charge is -2.25. The van der Waals surface area contributed by atoms with Gasteiger partial charge in [-0.3, -0.25) is 9.59 Å². The zero-order valence-electron chi connectivity index (χ0n) is 12.7. The van der Waals surface area contributed by atoms with Crippen molar-refractivity contribution >= 4 is 17.6 Å². The molecular formula is C15H22N2O4. The van der Waals surface area contributed by atoms with E-state index >= 15 is 0 Å². The van der Waals surface area contributed by atoms with Crippen LogP contribution in [0.5, 0.6) is 0 Å². The summed E-state index contributed by atoms with van der Waals surface area (Å²) in [6.45, 7) is 7.39. The largest absolute Gasteiger partial charge is 0.480 e. The topological polar surface area (TPSA) is 98.7 Å². The maximum absolute atomic E-state index is 11.7. The highest BCUT2D eigenvalue weighted by Crippen LogP contribution is 2.29. The lowest BCUT2D eigenvalue weighted by atomic mass is 9.86. The second kappa shape index (κ2) is 6.58. The third-order valence-electron chi connectivity index (χ3n) is 3.00. The first-order chi connectivity index (χ1) is 9.62. The molecule has 1 aromatic rings. The van der Waals surface area contributed by atoms with Crippen molar-refractivity contribution in [1.82, 2.24) is 5.32 Å². The fraction of sp³-hybridized carbons (Fsp3) is 0.467. The number of hydrogen-bond donors (Lipinski definition) is 4. The molecule has 1 rings (SSSR count). The lowest BCUT2D eigenvalue weighted by Crippen LogP contribution is -2.46. The van der Waals surface area contributed by atoms with Crippen LogP contribution in [0.3, 0.4) is 0 Å². The number of carbonyl (C=O) groups excluding carboxylic acids is 1. The molecule has 0 radical (unpaired) electrons. The average Bonchev–Trinajstić information content (AvgIpc) is 2.37. The Bertz CT molecular complexity index is 523. The van der Waals surface area contributed by atoms with E-state index in [2.05, 4.69) is 10.6 Å². The van der Waals surface area contributed by atoms with Crippen LogP contribution in [0.4, 0.5) is 5.69 Å². The quantitative estimate of drug-likeness (QED) is 0.614. The number of anilines is 1. The van der Waals surface area contributed by atoms with Gasteiger partial charge in [-0.05, 0) is 24.0 Å². The summed E-state index contributed by atoms with van der Waals surface area (Å²) < 4.78 is 0. The Morgan fingerprint density at radius 2 is 1.76 bits per heavy atom. The fourth-order valence-corrected chi connectivity index (χ4v) is 1.83. The molecule has 0 aliphatic rings. The predicted molar refractivity (Wildman–Crippen MR) is 80.0 cm³/mol. The molecule has 1 unspecified atom stereocenters. The molecule has 2 atom stereocenters. The third-order valence-corrected chi connectivity index (χ3v) is 3.00. The number of amides is 1. The number of carbonyl (C=O) groups is 2. The summed E-state index contributed by atoms with van der Waals surface area (Å²) in [7, 11) is 0. The number of hydrogen-bond acceptors (Lipinski definition) is 4. The van der Waals surface area contributed by atoms with Gasteiger partial charge in [0.05, 0.1) is 0 Å². The normalized spacial score (nSPS) is 14.1. The molecule has 0 fully saturated rings. The van der Waals surface area contributed by atoms with Gasteiger partial charge in [0.1, 0.15) is 6.04 Å². The van der Waals surface area contributed by atoms with Crippen LogP contribution in [0.25, 0.3) is 0 Å². The molecule has 0 aromatic heterocycles. The molecule has 0 spiro atoms. The van der Waals surface area contributed by atoms with E-state index in [1.807, 2.05) is 32.9 Å². The van der Waals surface area contributed by atoms with Crippen LogP contribution in [0.1, 0.15) is 33.3 Å². The molecule has 0 aliphatic carbocycles. The number of para-hydroxylation sites is 1. The van der Waals surface area contributed by atoms with Gasteiger partial charge < -0.3 is 20.8 Å². The number of aliphatic hydroxyl groups is 1. The first-order valence-electron chi connectivity index (χ1n) is 6.70. The Labute approximate surface area is 124 Å².